The third kappa shape index (κ3) is 2.67. The zero-order chi connectivity index (χ0) is 15.5. The molecule has 0 bridgehead atoms. The number of benzene rings is 2. The third-order valence-electron chi connectivity index (χ3n) is 4.47. The number of carbonyl (C=O) groups is 2. The maximum Gasteiger partial charge on any atom is 0.251 e. The van der Waals surface area contributed by atoms with Crippen LogP contribution >= 0.6 is 0 Å². The van der Waals surface area contributed by atoms with Crippen molar-refractivity contribution in [2.45, 2.75) is 25.2 Å². The van der Waals surface area contributed by atoms with Crippen LogP contribution in [0.3, 0.4) is 0 Å². The Morgan fingerprint density at radius 1 is 1.18 bits per heavy atom. The van der Waals surface area contributed by atoms with E-state index in [0.717, 1.165) is 42.2 Å². The molecule has 2 aromatic carbocycles. The average Bonchev–Trinajstić information content (AvgIpc) is 2.60. The fourth-order valence-electron chi connectivity index (χ4n) is 3.31. The highest BCUT2D eigenvalue weighted by atomic mass is 16.1. The molecule has 0 saturated carbocycles. The van der Waals surface area contributed by atoms with E-state index in [9.17, 15) is 9.59 Å². The van der Waals surface area contributed by atoms with Crippen molar-refractivity contribution in [3.05, 3.63) is 70.3 Å². The zero-order valence-corrected chi connectivity index (χ0v) is 12.6. The summed E-state index contributed by atoms with van der Waals surface area (Å²) in [6.07, 6.45) is 3.77. The Hall–Kier alpha value is -2.42. The topological polar surface area (TPSA) is 46.2 Å². The van der Waals surface area contributed by atoms with Gasteiger partial charge in [-0.1, -0.05) is 30.3 Å². The summed E-state index contributed by atoms with van der Waals surface area (Å²) in [6.45, 7) is 0. The Balaban J connectivity index is 1.92. The first-order valence-corrected chi connectivity index (χ1v) is 7.61. The molecule has 3 nitrogen and oxygen atoms in total. The third-order valence-corrected chi connectivity index (χ3v) is 4.47. The molecule has 1 aliphatic rings. The van der Waals surface area contributed by atoms with Crippen LogP contribution in [0.15, 0.2) is 42.5 Å². The molecule has 112 valence electrons. The smallest absolute Gasteiger partial charge is 0.251 e. The number of carbonyl (C=O) groups excluding carboxylic acids is 2. The standard InChI is InChI=1S/C19H19NO2/c1-20-19(22)18-5-3-2-4-17(18)16-9-8-14-10-13(12-21)6-7-15(14)11-16/h2-7,10,12,16H,8-9,11H2,1H3,(H,20,22)/t16-/m0/s1. The minimum atomic E-state index is -0.0299. The van der Waals surface area contributed by atoms with Crippen LogP contribution in [0.25, 0.3) is 0 Å². The van der Waals surface area contributed by atoms with Crippen molar-refractivity contribution in [3.63, 3.8) is 0 Å². The lowest BCUT2D eigenvalue weighted by Crippen LogP contribution is -2.22. The van der Waals surface area contributed by atoms with Crippen LogP contribution in [0.5, 0.6) is 0 Å². The van der Waals surface area contributed by atoms with Gasteiger partial charge in [-0.05, 0) is 54.0 Å². The highest BCUT2D eigenvalue weighted by molar-refractivity contribution is 5.95. The fraction of sp³-hybridized carbons (Fsp3) is 0.263. The van der Waals surface area contributed by atoms with Gasteiger partial charge in [-0.3, -0.25) is 9.59 Å². The first-order valence-electron chi connectivity index (χ1n) is 7.61. The van der Waals surface area contributed by atoms with Gasteiger partial charge in [-0.2, -0.15) is 0 Å². The van der Waals surface area contributed by atoms with E-state index >= 15 is 0 Å². The quantitative estimate of drug-likeness (QED) is 0.884. The van der Waals surface area contributed by atoms with Crippen molar-refractivity contribution in [1.29, 1.82) is 0 Å². The monoisotopic (exact) mass is 293 g/mol. The Kier molecular flexibility index (Phi) is 4.05. The molecular weight excluding hydrogens is 274 g/mol. The van der Waals surface area contributed by atoms with Gasteiger partial charge in [0.2, 0.25) is 0 Å². The molecule has 1 aliphatic carbocycles. The lowest BCUT2D eigenvalue weighted by Gasteiger charge is -2.26. The van der Waals surface area contributed by atoms with Crippen LogP contribution in [-0.4, -0.2) is 19.2 Å². The maximum absolute atomic E-state index is 12.1. The van der Waals surface area contributed by atoms with E-state index in [1.165, 1.54) is 11.1 Å². The first-order chi connectivity index (χ1) is 10.7. The summed E-state index contributed by atoms with van der Waals surface area (Å²) in [5.74, 6) is 0.320. The Morgan fingerprint density at radius 2 is 2.00 bits per heavy atom. The van der Waals surface area contributed by atoms with E-state index in [1.807, 2.05) is 36.4 Å². The molecule has 3 heteroatoms. The molecule has 0 fully saturated rings. The summed E-state index contributed by atoms with van der Waals surface area (Å²) in [7, 11) is 1.66. The second-order valence-electron chi connectivity index (χ2n) is 5.75. The average molecular weight is 293 g/mol. The van der Waals surface area contributed by atoms with E-state index in [1.54, 1.807) is 7.05 Å². The summed E-state index contributed by atoms with van der Waals surface area (Å²) in [5.41, 5.74) is 5.17. The summed E-state index contributed by atoms with van der Waals surface area (Å²) in [5, 5.41) is 2.72. The van der Waals surface area contributed by atoms with E-state index in [2.05, 4.69) is 11.4 Å². The molecule has 3 rings (SSSR count). The van der Waals surface area contributed by atoms with Crippen molar-refractivity contribution in [1.82, 2.24) is 5.32 Å². The van der Waals surface area contributed by atoms with Crippen LogP contribution in [0.4, 0.5) is 0 Å². The molecule has 0 heterocycles. The van der Waals surface area contributed by atoms with E-state index in [4.69, 9.17) is 0 Å². The van der Waals surface area contributed by atoms with Gasteiger partial charge in [-0.15, -0.1) is 0 Å². The lowest BCUT2D eigenvalue weighted by atomic mass is 9.78. The Labute approximate surface area is 130 Å². The highest BCUT2D eigenvalue weighted by Gasteiger charge is 2.23. The molecule has 0 aliphatic heterocycles. The van der Waals surface area contributed by atoms with Crippen molar-refractivity contribution in [3.8, 4) is 0 Å². The summed E-state index contributed by atoms with van der Waals surface area (Å²) in [6, 6.07) is 13.8. The molecule has 1 atom stereocenters. The van der Waals surface area contributed by atoms with Gasteiger partial charge in [0.05, 0.1) is 0 Å². The van der Waals surface area contributed by atoms with Crippen LogP contribution < -0.4 is 5.32 Å². The number of hydrogen-bond donors (Lipinski definition) is 1. The Bertz CT molecular complexity index is 721. The number of fused-ring (bicyclic) bond motifs is 1. The molecule has 22 heavy (non-hydrogen) atoms. The summed E-state index contributed by atoms with van der Waals surface area (Å²) in [4.78, 5) is 22.9. The number of amides is 1. The van der Waals surface area contributed by atoms with Gasteiger partial charge in [0, 0.05) is 18.2 Å². The van der Waals surface area contributed by atoms with Gasteiger partial charge < -0.3 is 5.32 Å². The van der Waals surface area contributed by atoms with Gasteiger partial charge >= 0.3 is 0 Å². The van der Waals surface area contributed by atoms with E-state index in [-0.39, 0.29) is 5.91 Å². The second-order valence-corrected chi connectivity index (χ2v) is 5.75. The lowest BCUT2D eigenvalue weighted by molar-refractivity contribution is 0.0961. The maximum atomic E-state index is 12.1. The predicted octanol–water partition coefficient (Wildman–Crippen LogP) is 3.13. The summed E-state index contributed by atoms with van der Waals surface area (Å²) < 4.78 is 0. The van der Waals surface area contributed by atoms with Crippen molar-refractivity contribution < 1.29 is 9.59 Å². The second kappa shape index (κ2) is 6.14. The van der Waals surface area contributed by atoms with Crippen molar-refractivity contribution in [2.24, 2.45) is 0 Å². The SMILES string of the molecule is CNC(=O)c1ccccc1[C@H]1CCc2cc(C=O)ccc2C1. The molecule has 0 spiro atoms. The first kappa shape index (κ1) is 14.5. The van der Waals surface area contributed by atoms with Gasteiger partial charge in [0.25, 0.3) is 5.91 Å². The molecule has 1 amide bonds. The van der Waals surface area contributed by atoms with Crippen LogP contribution in [0.1, 0.15) is 49.7 Å². The number of aryl methyl sites for hydroxylation is 1. The predicted molar refractivity (Wildman–Crippen MR) is 86.4 cm³/mol. The fourth-order valence-corrected chi connectivity index (χ4v) is 3.31. The minimum absolute atomic E-state index is 0.0299. The molecule has 0 unspecified atom stereocenters. The van der Waals surface area contributed by atoms with Gasteiger partial charge in [0.15, 0.2) is 0 Å². The minimum Gasteiger partial charge on any atom is -0.355 e. The number of rotatable bonds is 3. The van der Waals surface area contributed by atoms with Crippen LogP contribution in [0.2, 0.25) is 0 Å². The van der Waals surface area contributed by atoms with Crippen molar-refractivity contribution in [2.75, 3.05) is 7.05 Å². The normalized spacial score (nSPS) is 16.7. The van der Waals surface area contributed by atoms with Gasteiger partial charge in [-0.25, -0.2) is 0 Å². The molecule has 1 N–H and O–H groups in total. The zero-order valence-electron chi connectivity index (χ0n) is 12.6. The molecule has 2 aromatic rings. The van der Waals surface area contributed by atoms with E-state index < -0.39 is 0 Å². The number of aldehydes is 1. The van der Waals surface area contributed by atoms with Crippen molar-refractivity contribution >= 4 is 12.2 Å². The van der Waals surface area contributed by atoms with Crippen LogP contribution in [-0.2, 0) is 12.8 Å². The molecule has 0 aromatic heterocycles. The Morgan fingerprint density at radius 3 is 2.77 bits per heavy atom. The highest BCUT2D eigenvalue weighted by Crippen LogP contribution is 2.34. The largest absolute Gasteiger partial charge is 0.355 e. The molecule has 0 radical (unpaired) electrons. The number of hydrogen-bond acceptors (Lipinski definition) is 2. The van der Waals surface area contributed by atoms with Gasteiger partial charge in [0.1, 0.15) is 6.29 Å². The number of nitrogens with one attached hydrogen (secondary N) is 1. The molecular formula is C19H19NO2. The summed E-state index contributed by atoms with van der Waals surface area (Å²) >= 11 is 0. The van der Waals surface area contributed by atoms with E-state index in [0.29, 0.717) is 5.92 Å². The molecule has 0 saturated heterocycles. The van der Waals surface area contributed by atoms with Crippen LogP contribution in [0, 0.1) is 0 Å².